The Kier molecular flexibility index (Phi) is 2.51. The van der Waals surface area contributed by atoms with Crippen molar-refractivity contribution >= 4 is 5.91 Å². The van der Waals surface area contributed by atoms with Crippen molar-refractivity contribution in [2.24, 2.45) is 5.92 Å². The number of rotatable bonds is 1. The van der Waals surface area contributed by atoms with E-state index in [0.717, 1.165) is 18.4 Å². The van der Waals surface area contributed by atoms with Crippen molar-refractivity contribution in [1.82, 2.24) is 9.88 Å². The van der Waals surface area contributed by atoms with Crippen LogP contribution in [0, 0.1) is 5.92 Å². The highest BCUT2D eigenvalue weighted by molar-refractivity contribution is 5.74. The maximum Gasteiger partial charge on any atom is 0.220 e. The van der Waals surface area contributed by atoms with Gasteiger partial charge in [0.25, 0.3) is 0 Å². The van der Waals surface area contributed by atoms with Crippen LogP contribution in [0.25, 0.3) is 0 Å². The molecule has 104 valence electrons. The lowest BCUT2D eigenvalue weighted by atomic mass is 9.74. The van der Waals surface area contributed by atoms with E-state index in [1.807, 2.05) is 17.2 Å². The van der Waals surface area contributed by atoms with E-state index in [1.165, 1.54) is 0 Å². The molecule has 3 aliphatic heterocycles. The molecule has 1 aromatic rings. The minimum absolute atomic E-state index is 0.110. The lowest BCUT2D eigenvalue weighted by Crippen LogP contribution is -2.53. The molecule has 0 radical (unpaired) electrons. The van der Waals surface area contributed by atoms with Crippen molar-refractivity contribution in [3.8, 4) is 0 Å². The van der Waals surface area contributed by atoms with E-state index in [1.54, 1.807) is 13.1 Å². The minimum atomic E-state index is -0.227. The number of aromatic nitrogens is 1. The quantitative estimate of drug-likeness (QED) is 0.734. The van der Waals surface area contributed by atoms with Crippen LogP contribution in [-0.2, 0) is 9.53 Å². The van der Waals surface area contributed by atoms with Gasteiger partial charge in [0.15, 0.2) is 0 Å². The van der Waals surface area contributed by atoms with Gasteiger partial charge in [-0.1, -0.05) is 18.2 Å². The number of ether oxygens (including phenoxy) is 1. The molecular weight excluding hydrogens is 252 g/mol. The van der Waals surface area contributed by atoms with Crippen LogP contribution in [0.4, 0.5) is 0 Å². The Balaban J connectivity index is 1.70. The summed E-state index contributed by atoms with van der Waals surface area (Å²) >= 11 is 0. The van der Waals surface area contributed by atoms with Crippen LogP contribution >= 0.6 is 0 Å². The van der Waals surface area contributed by atoms with Crippen molar-refractivity contribution in [3.63, 3.8) is 0 Å². The molecule has 4 rings (SSSR count). The zero-order valence-corrected chi connectivity index (χ0v) is 11.5. The number of hydrogen-bond donors (Lipinski definition) is 0. The van der Waals surface area contributed by atoms with Gasteiger partial charge in [-0.2, -0.15) is 0 Å². The second kappa shape index (κ2) is 4.16. The summed E-state index contributed by atoms with van der Waals surface area (Å²) in [6.07, 6.45) is 10.3. The van der Waals surface area contributed by atoms with Crippen LogP contribution in [0.1, 0.15) is 31.4 Å². The Labute approximate surface area is 118 Å². The van der Waals surface area contributed by atoms with Gasteiger partial charge >= 0.3 is 0 Å². The first-order valence-corrected chi connectivity index (χ1v) is 7.22. The largest absolute Gasteiger partial charge is 0.361 e. The van der Waals surface area contributed by atoms with E-state index in [-0.39, 0.29) is 23.7 Å². The number of carbonyl (C=O) groups is 1. The Bertz CT molecular complexity index is 571. The van der Waals surface area contributed by atoms with Crippen molar-refractivity contribution in [1.29, 1.82) is 0 Å². The molecule has 4 atom stereocenters. The lowest BCUT2D eigenvalue weighted by Gasteiger charge is -2.46. The first kappa shape index (κ1) is 12.1. The molecule has 2 fully saturated rings. The summed E-state index contributed by atoms with van der Waals surface area (Å²) in [7, 11) is 0. The van der Waals surface area contributed by atoms with Crippen molar-refractivity contribution in [2.75, 3.05) is 6.54 Å². The summed E-state index contributed by atoms with van der Waals surface area (Å²) in [4.78, 5) is 18.2. The topological polar surface area (TPSA) is 42.4 Å². The molecule has 4 nitrogen and oxygen atoms in total. The zero-order valence-electron chi connectivity index (χ0n) is 11.5. The fourth-order valence-electron chi connectivity index (χ4n) is 3.98. The molecule has 0 saturated carbocycles. The monoisotopic (exact) mass is 270 g/mol. The summed E-state index contributed by atoms with van der Waals surface area (Å²) in [5.74, 6) is 0.623. The normalized spacial score (nSPS) is 38.0. The van der Waals surface area contributed by atoms with Crippen molar-refractivity contribution < 1.29 is 9.53 Å². The Morgan fingerprint density at radius 2 is 2.40 bits per heavy atom. The standard InChI is InChI=1S/C16H18N2O2/c1-11(19)18-10-16-5-4-14(20-16)7-13(16)8-15(18)12-3-2-6-17-9-12/h2-6,9,13-15H,7-8,10H2,1H3/t13-,14+,15-,16+/m0/s1. The number of amides is 1. The molecule has 2 bridgehead atoms. The third-order valence-corrected chi connectivity index (χ3v) is 4.95. The number of hydrogen-bond acceptors (Lipinski definition) is 3. The Hall–Kier alpha value is -1.68. The maximum atomic E-state index is 12.1. The van der Waals surface area contributed by atoms with Crippen LogP contribution in [0.5, 0.6) is 0 Å². The molecule has 20 heavy (non-hydrogen) atoms. The highest BCUT2D eigenvalue weighted by atomic mass is 16.5. The number of fused-ring (bicyclic) bond motifs is 1. The zero-order chi connectivity index (χ0) is 13.7. The van der Waals surface area contributed by atoms with Crippen LogP contribution in [0.3, 0.4) is 0 Å². The maximum absolute atomic E-state index is 12.1. The highest BCUT2D eigenvalue weighted by Crippen LogP contribution is 2.51. The van der Waals surface area contributed by atoms with E-state index in [2.05, 4.69) is 23.2 Å². The SMILES string of the molecule is CC(=O)N1C[C@]23C=C[C@H](C[C@H]2C[C@H]1c1cccnc1)O3. The average molecular weight is 270 g/mol. The molecule has 0 aromatic carbocycles. The molecule has 1 aromatic heterocycles. The highest BCUT2D eigenvalue weighted by Gasteiger charge is 2.55. The molecule has 4 heteroatoms. The fourth-order valence-corrected chi connectivity index (χ4v) is 3.98. The molecule has 1 amide bonds. The average Bonchev–Trinajstić information content (AvgIpc) is 3.02. The summed E-state index contributed by atoms with van der Waals surface area (Å²) in [5.41, 5.74) is 0.902. The van der Waals surface area contributed by atoms with Gasteiger partial charge < -0.3 is 9.64 Å². The van der Waals surface area contributed by atoms with Crippen LogP contribution in [-0.4, -0.2) is 34.0 Å². The van der Waals surface area contributed by atoms with E-state index < -0.39 is 0 Å². The van der Waals surface area contributed by atoms with Crippen LogP contribution in [0.15, 0.2) is 36.7 Å². The number of piperidine rings is 1. The first-order valence-electron chi connectivity index (χ1n) is 7.22. The third kappa shape index (κ3) is 1.64. The molecule has 2 saturated heterocycles. The predicted octanol–water partition coefficient (Wildman–Crippen LogP) is 2.09. The summed E-state index contributed by atoms with van der Waals surface area (Å²) < 4.78 is 6.11. The van der Waals surface area contributed by atoms with Gasteiger partial charge in [-0.05, 0) is 30.4 Å². The van der Waals surface area contributed by atoms with Crippen LogP contribution in [0.2, 0.25) is 0 Å². The smallest absolute Gasteiger partial charge is 0.220 e. The molecule has 0 unspecified atom stereocenters. The van der Waals surface area contributed by atoms with Crippen molar-refractivity contribution in [2.45, 2.75) is 37.5 Å². The van der Waals surface area contributed by atoms with Gasteiger partial charge in [0.2, 0.25) is 5.91 Å². The van der Waals surface area contributed by atoms with Gasteiger partial charge in [0, 0.05) is 19.3 Å². The molecule has 0 aliphatic carbocycles. The second-order valence-corrected chi connectivity index (χ2v) is 6.09. The second-order valence-electron chi connectivity index (χ2n) is 6.09. The van der Waals surface area contributed by atoms with Gasteiger partial charge in [-0.15, -0.1) is 0 Å². The summed E-state index contributed by atoms with van der Waals surface area (Å²) in [6, 6.07) is 4.14. The Morgan fingerprint density at radius 3 is 3.10 bits per heavy atom. The number of carbonyl (C=O) groups excluding carboxylic acids is 1. The minimum Gasteiger partial charge on any atom is -0.361 e. The first-order chi connectivity index (χ1) is 9.68. The number of nitrogens with zero attached hydrogens (tertiary/aromatic N) is 2. The molecule has 4 heterocycles. The molecule has 3 aliphatic rings. The summed E-state index contributed by atoms with van der Waals surface area (Å²) in [5, 5.41) is 0. The van der Waals surface area contributed by atoms with Gasteiger partial charge in [-0.25, -0.2) is 0 Å². The van der Waals surface area contributed by atoms with Crippen molar-refractivity contribution in [3.05, 3.63) is 42.2 Å². The van der Waals surface area contributed by atoms with E-state index >= 15 is 0 Å². The lowest BCUT2D eigenvalue weighted by molar-refractivity contribution is -0.140. The van der Waals surface area contributed by atoms with Gasteiger partial charge in [0.05, 0.1) is 18.7 Å². The van der Waals surface area contributed by atoms with E-state index in [4.69, 9.17) is 4.74 Å². The van der Waals surface area contributed by atoms with E-state index in [9.17, 15) is 4.79 Å². The van der Waals surface area contributed by atoms with Gasteiger partial charge in [0.1, 0.15) is 5.60 Å². The fraction of sp³-hybridized carbons (Fsp3) is 0.500. The Morgan fingerprint density at radius 1 is 1.50 bits per heavy atom. The molecule has 1 spiro atoms. The molecular formula is C16H18N2O2. The predicted molar refractivity (Wildman–Crippen MR) is 73.8 cm³/mol. The third-order valence-electron chi connectivity index (χ3n) is 4.95. The molecule has 0 N–H and O–H groups in total. The summed E-state index contributed by atoms with van der Waals surface area (Å²) in [6.45, 7) is 2.31. The van der Waals surface area contributed by atoms with Gasteiger partial charge in [-0.3, -0.25) is 9.78 Å². The number of pyridine rings is 1. The van der Waals surface area contributed by atoms with Crippen LogP contribution < -0.4 is 0 Å². The number of likely N-dealkylation sites (tertiary alicyclic amines) is 1. The van der Waals surface area contributed by atoms with E-state index in [0.29, 0.717) is 12.5 Å².